The SMILES string of the molecule is Cc1ccc(N)c(N(C)CC2(O)CCOCC2)c1. The maximum Gasteiger partial charge on any atom is 0.0865 e. The Morgan fingerprint density at radius 1 is 1.39 bits per heavy atom. The number of likely N-dealkylation sites (N-methyl/N-ethyl adjacent to an activating group) is 1. The van der Waals surface area contributed by atoms with Crippen molar-refractivity contribution in [3.05, 3.63) is 23.8 Å². The predicted octanol–water partition coefficient (Wildman–Crippen LogP) is 1.55. The van der Waals surface area contributed by atoms with Crippen LogP contribution in [-0.4, -0.2) is 37.5 Å². The molecule has 100 valence electrons. The van der Waals surface area contributed by atoms with Crippen LogP contribution >= 0.6 is 0 Å². The Hall–Kier alpha value is -1.26. The van der Waals surface area contributed by atoms with Crippen LogP contribution in [-0.2, 0) is 4.74 Å². The fourth-order valence-corrected chi connectivity index (χ4v) is 2.42. The number of rotatable bonds is 3. The molecule has 0 saturated carbocycles. The fourth-order valence-electron chi connectivity index (χ4n) is 2.42. The first-order chi connectivity index (χ1) is 8.50. The summed E-state index contributed by atoms with van der Waals surface area (Å²) in [6, 6.07) is 5.96. The van der Waals surface area contributed by atoms with Gasteiger partial charge >= 0.3 is 0 Å². The number of aryl methyl sites for hydroxylation is 1. The van der Waals surface area contributed by atoms with Crippen molar-refractivity contribution in [2.45, 2.75) is 25.4 Å². The first-order valence-corrected chi connectivity index (χ1v) is 6.38. The molecule has 0 unspecified atom stereocenters. The van der Waals surface area contributed by atoms with E-state index >= 15 is 0 Å². The van der Waals surface area contributed by atoms with Gasteiger partial charge in [-0.15, -0.1) is 0 Å². The third kappa shape index (κ3) is 2.94. The molecule has 18 heavy (non-hydrogen) atoms. The number of ether oxygens (including phenoxy) is 1. The third-order valence-electron chi connectivity index (χ3n) is 3.55. The van der Waals surface area contributed by atoms with Crippen LogP contribution in [0.2, 0.25) is 0 Å². The average Bonchev–Trinajstić information content (AvgIpc) is 2.32. The summed E-state index contributed by atoms with van der Waals surface area (Å²) < 4.78 is 5.29. The minimum absolute atomic E-state index is 0.587. The Bertz CT molecular complexity index is 414. The zero-order valence-corrected chi connectivity index (χ0v) is 11.1. The van der Waals surface area contributed by atoms with Crippen molar-refractivity contribution in [3.8, 4) is 0 Å². The maximum absolute atomic E-state index is 10.5. The quantitative estimate of drug-likeness (QED) is 0.799. The molecular weight excluding hydrogens is 228 g/mol. The van der Waals surface area contributed by atoms with Gasteiger partial charge in [0, 0.05) is 39.6 Å². The van der Waals surface area contributed by atoms with Crippen molar-refractivity contribution < 1.29 is 9.84 Å². The average molecular weight is 250 g/mol. The molecule has 1 heterocycles. The maximum atomic E-state index is 10.5. The van der Waals surface area contributed by atoms with E-state index in [4.69, 9.17) is 10.5 Å². The number of nitrogens with zero attached hydrogens (tertiary/aromatic N) is 1. The van der Waals surface area contributed by atoms with Gasteiger partial charge in [0.2, 0.25) is 0 Å². The minimum atomic E-state index is -0.664. The molecule has 1 aromatic rings. The molecule has 1 fully saturated rings. The molecule has 0 amide bonds. The van der Waals surface area contributed by atoms with Gasteiger partial charge in [0.15, 0.2) is 0 Å². The van der Waals surface area contributed by atoms with E-state index in [1.807, 2.05) is 31.0 Å². The minimum Gasteiger partial charge on any atom is -0.397 e. The molecule has 1 aliphatic rings. The van der Waals surface area contributed by atoms with Crippen LogP contribution < -0.4 is 10.6 Å². The van der Waals surface area contributed by atoms with Crippen LogP contribution in [0.5, 0.6) is 0 Å². The Balaban J connectivity index is 2.11. The topological polar surface area (TPSA) is 58.7 Å². The molecule has 0 spiro atoms. The highest BCUT2D eigenvalue weighted by Gasteiger charge is 2.31. The van der Waals surface area contributed by atoms with Gasteiger partial charge in [0.05, 0.1) is 17.0 Å². The number of nitrogens with two attached hydrogens (primary N) is 1. The molecule has 0 bridgehead atoms. The van der Waals surface area contributed by atoms with E-state index in [9.17, 15) is 5.11 Å². The second kappa shape index (κ2) is 5.16. The van der Waals surface area contributed by atoms with Crippen molar-refractivity contribution in [2.75, 3.05) is 37.4 Å². The summed E-state index contributed by atoms with van der Waals surface area (Å²) in [7, 11) is 1.97. The molecule has 4 heteroatoms. The second-order valence-corrected chi connectivity index (χ2v) is 5.26. The van der Waals surface area contributed by atoms with Crippen molar-refractivity contribution in [2.24, 2.45) is 0 Å². The molecule has 1 aliphatic heterocycles. The summed E-state index contributed by atoms with van der Waals surface area (Å²) in [6.07, 6.45) is 1.37. The second-order valence-electron chi connectivity index (χ2n) is 5.26. The van der Waals surface area contributed by atoms with Gasteiger partial charge in [-0.1, -0.05) is 6.07 Å². The largest absolute Gasteiger partial charge is 0.397 e. The van der Waals surface area contributed by atoms with Crippen molar-refractivity contribution in [1.29, 1.82) is 0 Å². The van der Waals surface area contributed by atoms with Gasteiger partial charge in [-0.2, -0.15) is 0 Å². The van der Waals surface area contributed by atoms with Crippen LogP contribution in [0.15, 0.2) is 18.2 Å². The van der Waals surface area contributed by atoms with E-state index in [1.54, 1.807) is 0 Å². The first kappa shape index (κ1) is 13.2. The zero-order chi connectivity index (χ0) is 13.2. The molecule has 1 saturated heterocycles. The van der Waals surface area contributed by atoms with E-state index in [0.717, 1.165) is 11.4 Å². The molecular formula is C14H22N2O2. The van der Waals surface area contributed by atoms with Gasteiger partial charge < -0.3 is 20.5 Å². The highest BCUT2D eigenvalue weighted by atomic mass is 16.5. The van der Waals surface area contributed by atoms with Crippen molar-refractivity contribution in [1.82, 2.24) is 0 Å². The first-order valence-electron chi connectivity index (χ1n) is 6.38. The van der Waals surface area contributed by atoms with Crippen molar-refractivity contribution >= 4 is 11.4 Å². The summed E-state index contributed by atoms with van der Waals surface area (Å²) in [6.45, 7) is 3.89. The normalized spacial score (nSPS) is 18.6. The number of anilines is 2. The molecule has 0 aliphatic carbocycles. The van der Waals surface area contributed by atoms with E-state index in [1.165, 1.54) is 5.56 Å². The Kier molecular flexibility index (Phi) is 3.78. The lowest BCUT2D eigenvalue weighted by Crippen LogP contribution is -2.45. The monoisotopic (exact) mass is 250 g/mol. The van der Waals surface area contributed by atoms with E-state index in [-0.39, 0.29) is 0 Å². The molecule has 2 rings (SSSR count). The van der Waals surface area contributed by atoms with Crippen LogP contribution in [0.4, 0.5) is 11.4 Å². The van der Waals surface area contributed by atoms with Gasteiger partial charge in [0.25, 0.3) is 0 Å². The Morgan fingerprint density at radius 3 is 2.72 bits per heavy atom. The molecule has 0 aromatic heterocycles. The third-order valence-corrected chi connectivity index (χ3v) is 3.55. The van der Waals surface area contributed by atoms with Crippen LogP contribution in [0, 0.1) is 6.92 Å². The summed E-state index contributed by atoms with van der Waals surface area (Å²) >= 11 is 0. The molecule has 0 atom stereocenters. The smallest absolute Gasteiger partial charge is 0.0865 e. The van der Waals surface area contributed by atoms with E-state index in [0.29, 0.717) is 32.6 Å². The van der Waals surface area contributed by atoms with Crippen LogP contribution in [0.3, 0.4) is 0 Å². The predicted molar refractivity (Wildman–Crippen MR) is 73.9 cm³/mol. The lowest BCUT2D eigenvalue weighted by Gasteiger charge is -2.36. The number of hydrogen-bond acceptors (Lipinski definition) is 4. The molecule has 3 N–H and O–H groups in total. The van der Waals surface area contributed by atoms with Gasteiger partial charge in [0.1, 0.15) is 0 Å². The zero-order valence-electron chi connectivity index (χ0n) is 11.1. The summed E-state index contributed by atoms with van der Waals surface area (Å²) in [4.78, 5) is 2.04. The number of nitrogen functional groups attached to an aromatic ring is 1. The van der Waals surface area contributed by atoms with E-state index in [2.05, 4.69) is 6.07 Å². The molecule has 4 nitrogen and oxygen atoms in total. The highest BCUT2D eigenvalue weighted by Crippen LogP contribution is 2.28. The highest BCUT2D eigenvalue weighted by molar-refractivity contribution is 5.68. The standard InChI is InChI=1S/C14H22N2O2/c1-11-3-4-12(15)13(9-11)16(2)10-14(17)5-7-18-8-6-14/h3-4,9,17H,5-8,10,15H2,1-2H3. The summed E-state index contributed by atoms with van der Waals surface area (Å²) in [5, 5.41) is 10.5. The number of hydrogen-bond donors (Lipinski definition) is 2. The molecule has 0 radical (unpaired) electrons. The van der Waals surface area contributed by atoms with Crippen molar-refractivity contribution in [3.63, 3.8) is 0 Å². The molecule has 1 aromatic carbocycles. The lowest BCUT2D eigenvalue weighted by molar-refractivity contribution is -0.0572. The number of aliphatic hydroxyl groups is 1. The Morgan fingerprint density at radius 2 is 2.06 bits per heavy atom. The van der Waals surface area contributed by atoms with Crippen LogP contribution in [0.25, 0.3) is 0 Å². The summed E-state index contributed by atoms with van der Waals surface area (Å²) in [5.74, 6) is 0. The van der Waals surface area contributed by atoms with Gasteiger partial charge in [-0.3, -0.25) is 0 Å². The fraction of sp³-hybridized carbons (Fsp3) is 0.571. The Labute approximate surface area is 108 Å². The van der Waals surface area contributed by atoms with Crippen LogP contribution in [0.1, 0.15) is 18.4 Å². The van der Waals surface area contributed by atoms with Gasteiger partial charge in [-0.25, -0.2) is 0 Å². The van der Waals surface area contributed by atoms with Gasteiger partial charge in [-0.05, 0) is 24.6 Å². The lowest BCUT2D eigenvalue weighted by atomic mass is 9.93. The summed E-state index contributed by atoms with van der Waals surface area (Å²) in [5.41, 5.74) is 8.23. The van der Waals surface area contributed by atoms with E-state index < -0.39 is 5.60 Å². The number of benzene rings is 1.